The van der Waals surface area contributed by atoms with Gasteiger partial charge < -0.3 is 5.32 Å². The average Bonchev–Trinajstić information content (AvgIpc) is 2.48. The third-order valence-electron chi connectivity index (χ3n) is 3.74. The predicted molar refractivity (Wildman–Crippen MR) is 85.4 cm³/mol. The van der Waals surface area contributed by atoms with E-state index in [2.05, 4.69) is 27.3 Å². The van der Waals surface area contributed by atoms with Crippen molar-refractivity contribution in [2.45, 2.75) is 25.8 Å². The van der Waals surface area contributed by atoms with Crippen molar-refractivity contribution in [2.75, 3.05) is 7.05 Å². The van der Waals surface area contributed by atoms with Gasteiger partial charge in [-0.1, -0.05) is 24.3 Å². The van der Waals surface area contributed by atoms with Crippen molar-refractivity contribution in [1.29, 1.82) is 0 Å². The fourth-order valence-corrected chi connectivity index (χ4v) is 2.83. The third kappa shape index (κ3) is 3.69. The van der Waals surface area contributed by atoms with Crippen LogP contribution >= 0.6 is 15.9 Å². The van der Waals surface area contributed by atoms with Crippen LogP contribution < -0.4 is 5.32 Å². The van der Waals surface area contributed by atoms with Crippen LogP contribution in [0.3, 0.4) is 0 Å². The van der Waals surface area contributed by atoms with E-state index in [-0.39, 0.29) is 16.1 Å². The average molecular weight is 354 g/mol. The summed E-state index contributed by atoms with van der Waals surface area (Å²) in [7, 11) is 1.72. The Kier molecular flexibility index (Phi) is 5.48. The molecule has 0 bridgehead atoms. The molecule has 112 valence electrons. The van der Waals surface area contributed by atoms with Crippen molar-refractivity contribution in [3.8, 4) is 0 Å². The van der Waals surface area contributed by atoms with Crippen LogP contribution in [0.25, 0.3) is 0 Å². The quantitative estimate of drug-likeness (QED) is 0.751. The molecule has 0 aliphatic rings. The van der Waals surface area contributed by atoms with E-state index >= 15 is 0 Å². The van der Waals surface area contributed by atoms with Gasteiger partial charge in [0.2, 0.25) is 0 Å². The van der Waals surface area contributed by atoms with E-state index in [1.165, 1.54) is 23.3 Å². The molecular weight excluding hydrogens is 336 g/mol. The number of nitrogens with one attached hydrogen (secondary N) is 1. The standard InChI is InChI=1S/C17H18BrF2N/c1-11-5-3-4-6-12(11)7-10-15(21-2)16-14(19)9-8-13(18)17(16)20/h3-6,8-9,15,21H,7,10H2,1-2H3. The fraction of sp³-hybridized carbons (Fsp3) is 0.294. The summed E-state index contributed by atoms with van der Waals surface area (Å²) in [5, 5.41) is 3.02. The van der Waals surface area contributed by atoms with Crippen LogP contribution in [0, 0.1) is 18.6 Å². The molecule has 0 amide bonds. The van der Waals surface area contributed by atoms with Crippen molar-refractivity contribution in [3.05, 3.63) is 69.2 Å². The molecule has 0 heterocycles. The van der Waals surface area contributed by atoms with Crippen LogP contribution in [-0.4, -0.2) is 7.05 Å². The molecule has 1 unspecified atom stereocenters. The van der Waals surface area contributed by atoms with Gasteiger partial charge in [-0.3, -0.25) is 0 Å². The Morgan fingerprint density at radius 3 is 2.52 bits per heavy atom. The molecule has 21 heavy (non-hydrogen) atoms. The number of rotatable bonds is 5. The fourth-order valence-electron chi connectivity index (χ4n) is 2.49. The molecule has 1 nitrogen and oxygen atoms in total. The second-order valence-electron chi connectivity index (χ2n) is 5.06. The van der Waals surface area contributed by atoms with E-state index in [0.29, 0.717) is 6.42 Å². The molecule has 0 aliphatic carbocycles. The monoisotopic (exact) mass is 353 g/mol. The third-order valence-corrected chi connectivity index (χ3v) is 4.35. The lowest BCUT2D eigenvalue weighted by molar-refractivity contribution is 0.469. The topological polar surface area (TPSA) is 12.0 Å². The Morgan fingerprint density at radius 2 is 1.86 bits per heavy atom. The van der Waals surface area contributed by atoms with E-state index in [1.807, 2.05) is 25.1 Å². The zero-order valence-corrected chi connectivity index (χ0v) is 13.7. The van der Waals surface area contributed by atoms with E-state index < -0.39 is 11.6 Å². The second kappa shape index (κ2) is 7.14. The van der Waals surface area contributed by atoms with Gasteiger partial charge in [-0.2, -0.15) is 0 Å². The van der Waals surface area contributed by atoms with Crippen molar-refractivity contribution in [3.63, 3.8) is 0 Å². The van der Waals surface area contributed by atoms with Gasteiger partial charge in [0.1, 0.15) is 11.6 Å². The molecule has 0 aromatic heterocycles. The normalized spacial score (nSPS) is 12.4. The summed E-state index contributed by atoms with van der Waals surface area (Å²) in [5.74, 6) is -1.04. The SMILES string of the molecule is CNC(CCc1ccccc1C)c1c(F)ccc(Br)c1F. The number of aryl methyl sites for hydroxylation is 2. The molecule has 0 fully saturated rings. The van der Waals surface area contributed by atoms with Crippen molar-refractivity contribution in [2.24, 2.45) is 0 Å². The van der Waals surface area contributed by atoms with E-state index in [0.717, 1.165) is 6.42 Å². The van der Waals surface area contributed by atoms with Crippen molar-refractivity contribution < 1.29 is 8.78 Å². The van der Waals surface area contributed by atoms with Gasteiger partial charge in [0.25, 0.3) is 0 Å². The predicted octanol–water partition coefficient (Wildman–Crippen LogP) is 4.93. The first-order valence-corrected chi connectivity index (χ1v) is 7.69. The highest BCUT2D eigenvalue weighted by Crippen LogP contribution is 2.29. The highest BCUT2D eigenvalue weighted by molar-refractivity contribution is 9.10. The Bertz CT molecular complexity index is 628. The van der Waals surface area contributed by atoms with Gasteiger partial charge in [-0.25, -0.2) is 8.78 Å². The zero-order chi connectivity index (χ0) is 15.4. The lowest BCUT2D eigenvalue weighted by Gasteiger charge is -2.19. The van der Waals surface area contributed by atoms with Gasteiger partial charge >= 0.3 is 0 Å². The van der Waals surface area contributed by atoms with Crippen LogP contribution in [0.2, 0.25) is 0 Å². The highest BCUT2D eigenvalue weighted by Gasteiger charge is 2.20. The molecule has 2 aromatic carbocycles. The van der Waals surface area contributed by atoms with Gasteiger partial charge in [0, 0.05) is 11.6 Å². The molecule has 0 spiro atoms. The maximum atomic E-state index is 14.2. The Morgan fingerprint density at radius 1 is 1.14 bits per heavy atom. The number of hydrogen-bond donors (Lipinski definition) is 1. The minimum absolute atomic E-state index is 0.0976. The smallest absolute Gasteiger partial charge is 0.145 e. The van der Waals surface area contributed by atoms with Crippen LogP contribution in [0.4, 0.5) is 8.78 Å². The molecule has 0 aliphatic heterocycles. The first-order chi connectivity index (χ1) is 10.0. The molecule has 4 heteroatoms. The molecule has 1 atom stereocenters. The summed E-state index contributed by atoms with van der Waals surface area (Å²) in [4.78, 5) is 0. The van der Waals surface area contributed by atoms with Gasteiger partial charge in [0.05, 0.1) is 4.47 Å². The first kappa shape index (κ1) is 16.1. The lowest BCUT2D eigenvalue weighted by Crippen LogP contribution is -2.20. The van der Waals surface area contributed by atoms with E-state index in [9.17, 15) is 8.78 Å². The van der Waals surface area contributed by atoms with Crippen molar-refractivity contribution >= 4 is 15.9 Å². The van der Waals surface area contributed by atoms with E-state index in [1.54, 1.807) is 7.05 Å². The Balaban J connectivity index is 2.22. The summed E-state index contributed by atoms with van der Waals surface area (Å²) in [5.41, 5.74) is 2.50. The van der Waals surface area contributed by atoms with Crippen LogP contribution in [0.15, 0.2) is 40.9 Å². The maximum absolute atomic E-state index is 14.2. The summed E-state index contributed by atoms with van der Waals surface area (Å²) >= 11 is 3.12. The van der Waals surface area contributed by atoms with Crippen LogP contribution in [0.5, 0.6) is 0 Å². The molecule has 0 radical (unpaired) electrons. The zero-order valence-electron chi connectivity index (χ0n) is 12.1. The maximum Gasteiger partial charge on any atom is 0.145 e. The summed E-state index contributed by atoms with van der Waals surface area (Å²) in [6, 6.07) is 10.4. The van der Waals surface area contributed by atoms with Crippen LogP contribution in [-0.2, 0) is 6.42 Å². The molecule has 2 rings (SSSR count). The lowest BCUT2D eigenvalue weighted by atomic mass is 9.96. The molecule has 1 N–H and O–H groups in total. The summed E-state index contributed by atoms with van der Waals surface area (Å²) in [6.07, 6.45) is 1.40. The minimum atomic E-state index is -0.529. The number of benzene rings is 2. The van der Waals surface area contributed by atoms with Gasteiger partial charge in [-0.05, 0) is 66.0 Å². The largest absolute Gasteiger partial charge is 0.313 e. The summed E-state index contributed by atoms with van der Waals surface area (Å²) < 4.78 is 28.4. The van der Waals surface area contributed by atoms with Crippen LogP contribution in [0.1, 0.15) is 29.2 Å². The second-order valence-corrected chi connectivity index (χ2v) is 5.92. The minimum Gasteiger partial charge on any atom is -0.313 e. The Hall–Kier alpha value is -1.26. The van der Waals surface area contributed by atoms with E-state index in [4.69, 9.17) is 0 Å². The molecular formula is C17H18BrF2N. The number of halogens is 3. The highest BCUT2D eigenvalue weighted by atomic mass is 79.9. The van der Waals surface area contributed by atoms with Crippen molar-refractivity contribution in [1.82, 2.24) is 5.32 Å². The van der Waals surface area contributed by atoms with Gasteiger partial charge in [-0.15, -0.1) is 0 Å². The molecule has 0 saturated carbocycles. The molecule has 2 aromatic rings. The van der Waals surface area contributed by atoms with Gasteiger partial charge in [0.15, 0.2) is 0 Å². The molecule has 0 saturated heterocycles. The summed E-state index contributed by atoms with van der Waals surface area (Å²) in [6.45, 7) is 2.05. The first-order valence-electron chi connectivity index (χ1n) is 6.89. The number of hydrogen-bond acceptors (Lipinski definition) is 1. The Labute approximate surface area is 132 Å².